The maximum absolute atomic E-state index is 12.1. The lowest BCUT2D eigenvalue weighted by atomic mass is 9.87. The van der Waals surface area contributed by atoms with E-state index in [2.05, 4.69) is 17.0 Å². The van der Waals surface area contributed by atoms with Gasteiger partial charge < -0.3 is 5.32 Å². The molecular weight excluding hydrogens is 284 g/mol. The fourth-order valence-electron chi connectivity index (χ4n) is 3.02. The molecule has 2 atom stereocenters. The van der Waals surface area contributed by atoms with Gasteiger partial charge in [0.2, 0.25) is 10.0 Å². The van der Waals surface area contributed by atoms with E-state index in [1.165, 1.54) is 25.7 Å². The minimum Gasteiger partial charge on any atom is -0.382 e. The van der Waals surface area contributed by atoms with Gasteiger partial charge in [0.05, 0.1) is 4.90 Å². The SMILES string of the molecule is CC1CCCC(Nc2ccc(S(=O)(=O)NC3CC3)cc2)C1. The van der Waals surface area contributed by atoms with Crippen LogP contribution in [-0.4, -0.2) is 20.5 Å². The molecule has 2 N–H and O–H groups in total. The lowest BCUT2D eigenvalue weighted by molar-refractivity contribution is 0.358. The molecular formula is C16H24N2O2S. The van der Waals surface area contributed by atoms with Crippen molar-refractivity contribution in [1.82, 2.24) is 4.72 Å². The Morgan fingerprint density at radius 3 is 2.33 bits per heavy atom. The van der Waals surface area contributed by atoms with Crippen molar-refractivity contribution in [2.75, 3.05) is 5.32 Å². The van der Waals surface area contributed by atoms with Crippen molar-refractivity contribution in [2.24, 2.45) is 5.92 Å². The zero-order valence-corrected chi connectivity index (χ0v) is 13.3. The maximum Gasteiger partial charge on any atom is 0.240 e. The van der Waals surface area contributed by atoms with Gasteiger partial charge in [-0.1, -0.05) is 19.8 Å². The van der Waals surface area contributed by atoms with Crippen LogP contribution in [0, 0.1) is 5.92 Å². The second-order valence-electron chi connectivity index (χ2n) is 6.53. The Kier molecular flexibility index (Phi) is 4.22. The fraction of sp³-hybridized carbons (Fsp3) is 0.625. The van der Waals surface area contributed by atoms with Gasteiger partial charge in [0.1, 0.15) is 0 Å². The van der Waals surface area contributed by atoms with Crippen LogP contribution in [0.15, 0.2) is 29.2 Å². The molecule has 0 radical (unpaired) electrons. The standard InChI is InChI=1S/C16H24N2O2S/c1-12-3-2-4-15(11-12)17-13-7-9-16(10-8-13)21(19,20)18-14-5-6-14/h7-10,12,14-15,17-18H,2-6,11H2,1H3. The van der Waals surface area contributed by atoms with E-state index in [4.69, 9.17) is 0 Å². The lowest BCUT2D eigenvalue weighted by Crippen LogP contribution is -2.26. The summed E-state index contributed by atoms with van der Waals surface area (Å²) in [5.74, 6) is 0.777. The van der Waals surface area contributed by atoms with Crippen LogP contribution in [0.2, 0.25) is 0 Å². The van der Waals surface area contributed by atoms with Gasteiger partial charge in [-0.25, -0.2) is 13.1 Å². The summed E-state index contributed by atoms with van der Waals surface area (Å²) in [6, 6.07) is 7.80. The number of anilines is 1. The van der Waals surface area contributed by atoms with Gasteiger partial charge >= 0.3 is 0 Å². The smallest absolute Gasteiger partial charge is 0.240 e. The van der Waals surface area contributed by atoms with Crippen LogP contribution < -0.4 is 10.0 Å². The summed E-state index contributed by atoms with van der Waals surface area (Å²) in [4.78, 5) is 0.358. The third-order valence-electron chi connectivity index (χ3n) is 4.37. The van der Waals surface area contributed by atoms with Crippen molar-refractivity contribution in [2.45, 2.75) is 62.4 Å². The van der Waals surface area contributed by atoms with Crippen LogP contribution >= 0.6 is 0 Å². The topological polar surface area (TPSA) is 58.2 Å². The summed E-state index contributed by atoms with van der Waals surface area (Å²) in [6.07, 6.45) is 6.91. The number of nitrogens with one attached hydrogen (secondary N) is 2. The molecule has 0 aliphatic heterocycles. The molecule has 1 aromatic carbocycles. The molecule has 5 heteroatoms. The van der Waals surface area contributed by atoms with E-state index in [-0.39, 0.29) is 6.04 Å². The summed E-state index contributed by atoms with van der Waals surface area (Å²) >= 11 is 0. The van der Waals surface area contributed by atoms with E-state index in [9.17, 15) is 8.42 Å². The average Bonchev–Trinajstić information content (AvgIpc) is 3.23. The van der Waals surface area contributed by atoms with Crippen LogP contribution in [0.25, 0.3) is 0 Å². The van der Waals surface area contributed by atoms with E-state index in [0.717, 1.165) is 24.4 Å². The molecule has 2 unspecified atom stereocenters. The zero-order chi connectivity index (χ0) is 14.9. The predicted octanol–water partition coefficient (Wildman–Crippen LogP) is 3.12. The number of benzene rings is 1. The van der Waals surface area contributed by atoms with Crippen molar-refractivity contribution in [3.8, 4) is 0 Å². The highest BCUT2D eigenvalue weighted by molar-refractivity contribution is 7.89. The van der Waals surface area contributed by atoms with Crippen molar-refractivity contribution >= 4 is 15.7 Å². The summed E-state index contributed by atoms with van der Waals surface area (Å²) in [5.41, 5.74) is 1.01. The molecule has 0 heterocycles. The Morgan fingerprint density at radius 1 is 1.00 bits per heavy atom. The molecule has 116 valence electrons. The van der Waals surface area contributed by atoms with Gasteiger partial charge in [0, 0.05) is 17.8 Å². The first-order valence-corrected chi connectivity index (χ1v) is 9.40. The van der Waals surface area contributed by atoms with E-state index >= 15 is 0 Å². The second kappa shape index (κ2) is 5.97. The van der Waals surface area contributed by atoms with Gasteiger partial charge in [-0.2, -0.15) is 0 Å². The molecule has 3 rings (SSSR count). The van der Waals surface area contributed by atoms with Crippen LogP contribution in [0.1, 0.15) is 45.4 Å². The van der Waals surface area contributed by atoms with Gasteiger partial charge in [0.25, 0.3) is 0 Å². The molecule has 21 heavy (non-hydrogen) atoms. The van der Waals surface area contributed by atoms with Crippen LogP contribution in [-0.2, 0) is 10.0 Å². The number of hydrogen-bond donors (Lipinski definition) is 2. The van der Waals surface area contributed by atoms with Gasteiger partial charge in [-0.15, -0.1) is 0 Å². The van der Waals surface area contributed by atoms with Crippen LogP contribution in [0.5, 0.6) is 0 Å². The molecule has 2 aliphatic rings. The second-order valence-corrected chi connectivity index (χ2v) is 8.25. The molecule has 0 spiro atoms. The quantitative estimate of drug-likeness (QED) is 0.878. The number of rotatable bonds is 5. The van der Waals surface area contributed by atoms with Gasteiger partial charge in [-0.3, -0.25) is 0 Å². The van der Waals surface area contributed by atoms with E-state index < -0.39 is 10.0 Å². The third kappa shape index (κ3) is 3.98. The number of hydrogen-bond acceptors (Lipinski definition) is 3. The monoisotopic (exact) mass is 308 g/mol. The molecule has 4 nitrogen and oxygen atoms in total. The van der Waals surface area contributed by atoms with E-state index in [0.29, 0.717) is 10.9 Å². The van der Waals surface area contributed by atoms with Crippen molar-refractivity contribution < 1.29 is 8.42 Å². The van der Waals surface area contributed by atoms with Gasteiger partial charge in [0.15, 0.2) is 0 Å². The largest absolute Gasteiger partial charge is 0.382 e. The predicted molar refractivity (Wildman–Crippen MR) is 84.8 cm³/mol. The highest BCUT2D eigenvalue weighted by Crippen LogP contribution is 2.27. The Morgan fingerprint density at radius 2 is 1.71 bits per heavy atom. The zero-order valence-electron chi connectivity index (χ0n) is 12.5. The molecule has 0 bridgehead atoms. The van der Waals surface area contributed by atoms with Gasteiger partial charge in [-0.05, 0) is 55.9 Å². The summed E-state index contributed by atoms with van der Waals surface area (Å²) < 4.78 is 26.9. The molecule has 0 saturated heterocycles. The average molecular weight is 308 g/mol. The normalized spacial score (nSPS) is 26.5. The summed E-state index contributed by atoms with van der Waals surface area (Å²) in [6.45, 7) is 2.30. The van der Waals surface area contributed by atoms with Crippen LogP contribution in [0.3, 0.4) is 0 Å². The van der Waals surface area contributed by atoms with Crippen molar-refractivity contribution in [1.29, 1.82) is 0 Å². The Hall–Kier alpha value is -1.07. The van der Waals surface area contributed by atoms with E-state index in [1.807, 2.05) is 12.1 Å². The first-order chi connectivity index (χ1) is 10.0. The lowest BCUT2D eigenvalue weighted by Gasteiger charge is -2.28. The highest BCUT2D eigenvalue weighted by atomic mass is 32.2. The van der Waals surface area contributed by atoms with Crippen LogP contribution in [0.4, 0.5) is 5.69 Å². The number of sulfonamides is 1. The first-order valence-electron chi connectivity index (χ1n) is 7.92. The molecule has 2 saturated carbocycles. The molecule has 2 fully saturated rings. The van der Waals surface area contributed by atoms with Crippen molar-refractivity contribution in [3.63, 3.8) is 0 Å². The van der Waals surface area contributed by atoms with E-state index in [1.54, 1.807) is 12.1 Å². The summed E-state index contributed by atoms with van der Waals surface area (Å²) in [5, 5.41) is 3.53. The van der Waals surface area contributed by atoms with Crippen molar-refractivity contribution in [3.05, 3.63) is 24.3 Å². The fourth-order valence-corrected chi connectivity index (χ4v) is 4.32. The highest BCUT2D eigenvalue weighted by Gasteiger charge is 2.27. The maximum atomic E-state index is 12.1. The summed E-state index contributed by atoms with van der Waals surface area (Å²) in [7, 11) is -3.33. The minimum atomic E-state index is -3.33. The molecule has 0 aromatic heterocycles. The first kappa shape index (κ1) is 14.9. The Bertz CT molecular complexity index is 579. The molecule has 1 aromatic rings. The molecule has 2 aliphatic carbocycles. The minimum absolute atomic E-state index is 0.150. The third-order valence-corrected chi connectivity index (χ3v) is 5.91. The molecule has 0 amide bonds. The Labute approximate surface area is 127 Å². The Balaban J connectivity index is 1.63.